The minimum absolute atomic E-state index is 0.0352. The summed E-state index contributed by atoms with van der Waals surface area (Å²) >= 11 is 1.31. The molecule has 1 saturated heterocycles. The zero-order valence-corrected chi connectivity index (χ0v) is 19.4. The number of carbonyl (C=O) groups is 2. The minimum Gasteiger partial charge on any atom is -0.497 e. The smallest absolute Gasteiger partial charge is 0.257 e. The molecule has 1 aromatic heterocycles. The van der Waals surface area contributed by atoms with Crippen molar-refractivity contribution in [1.82, 2.24) is 9.88 Å². The van der Waals surface area contributed by atoms with E-state index in [4.69, 9.17) is 9.47 Å². The first kappa shape index (κ1) is 22.6. The van der Waals surface area contributed by atoms with Crippen LogP contribution in [0.2, 0.25) is 0 Å². The van der Waals surface area contributed by atoms with E-state index in [9.17, 15) is 9.59 Å². The summed E-state index contributed by atoms with van der Waals surface area (Å²) in [6.07, 6.45) is 0.212. The van der Waals surface area contributed by atoms with Gasteiger partial charge in [-0.25, -0.2) is 4.98 Å². The van der Waals surface area contributed by atoms with Crippen molar-refractivity contribution >= 4 is 34.0 Å². The summed E-state index contributed by atoms with van der Waals surface area (Å²) in [6, 6.07) is 14.8. The number of anilines is 2. The molecule has 0 aliphatic carbocycles. The average molecular weight is 467 g/mol. The van der Waals surface area contributed by atoms with Crippen molar-refractivity contribution in [3.8, 4) is 11.5 Å². The molecule has 2 amide bonds. The summed E-state index contributed by atoms with van der Waals surface area (Å²) in [5, 5.41) is 5.07. The number of hydrogen-bond acceptors (Lipinski definition) is 7. The molecule has 1 fully saturated rings. The summed E-state index contributed by atoms with van der Waals surface area (Å²) in [6.45, 7) is 2.77. The molecule has 0 unspecified atom stereocenters. The third-order valence-corrected chi connectivity index (χ3v) is 6.32. The standard InChI is InChI=1S/C24H26N4O4S/c1-31-19-9-7-17(8-10-19)23(30)26-24-25-18(16-33-24)15-22(29)28-13-11-27(12-14-28)20-5-3-4-6-21(20)32-2/h3-10,16H,11-15H2,1-2H3,(H,25,26,30). The van der Waals surface area contributed by atoms with Crippen molar-refractivity contribution in [2.45, 2.75) is 6.42 Å². The molecule has 2 heterocycles. The molecule has 3 aromatic rings. The molecule has 8 nitrogen and oxygen atoms in total. The van der Waals surface area contributed by atoms with Gasteiger partial charge >= 0.3 is 0 Å². The third-order valence-electron chi connectivity index (χ3n) is 5.51. The molecule has 0 saturated carbocycles. The number of para-hydroxylation sites is 2. The van der Waals surface area contributed by atoms with E-state index in [0.717, 1.165) is 24.5 Å². The summed E-state index contributed by atoms with van der Waals surface area (Å²) < 4.78 is 10.6. The second-order valence-electron chi connectivity index (χ2n) is 7.54. The highest BCUT2D eigenvalue weighted by molar-refractivity contribution is 7.14. The van der Waals surface area contributed by atoms with Crippen LogP contribution in [0.15, 0.2) is 53.9 Å². The van der Waals surface area contributed by atoms with Crippen LogP contribution in [0.4, 0.5) is 10.8 Å². The van der Waals surface area contributed by atoms with Crippen LogP contribution in [0.25, 0.3) is 0 Å². The van der Waals surface area contributed by atoms with Gasteiger partial charge in [0.2, 0.25) is 5.91 Å². The van der Waals surface area contributed by atoms with E-state index in [2.05, 4.69) is 15.2 Å². The zero-order valence-electron chi connectivity index (χ0n) is 18.6. The lowest BCUT2D eigenvalue weighted by Gasteiger charge is -2.36. The second kappa shape index (κ2) is 10.4. The quantitative estimate of drug-likeness (QED) is 0.575. The van der Waals surface area contributed by atoms with E-state index < -0.39 is 0 Å². The number of hydrogen-bond donors (Lipinski definition) is 1. The minimum atomic E-state index is -0.252. The van der Waals surface area contributed by atoms with Crippen LogP contribution < -0.4 is 19.7 Å². The van der Waals surface area contributed by atoms with Crippen LogP contribution in [-0.4, -0.2) is 62.1 Å². The van der Waals surface area contributed by atoms with Crippen molar-refractivity contribution in [2.75, 3.05) is 50.6 Å². The fourth-order valence-electron chi connectivity index (χ4n) is 3.71. The lowest BCUT2D eigenvalue weighted by atomic mass is 10.2. The van der Waals surface area contributed by atoms with E-state index in [0.29, 0.717) is 35.2 Å². The van der Waals surface area contributed by atoms with Crippen LogP contribution >= 0.6 is 11.3 Å². The van der Waals surface area contributed by atoms with E-state index in [1.54, 1.807) is 38.5 Å². The van der Waals surface area contributed by atoms with Gasteiger partial charge in [-0.3, -0.25) is 14.9 Å². The van der Waals surface area contributed by atoms with Gasteiger partial charge in [0.1, 0.15) is 11.5 Å². The maximum Gasteiger partial charge on any atom is 0.257 e. The fraction of sp³-hybridized carbons (Fsp3) is 0.292. The Labute approximate surface area is 196 Å². The van der Waals surface area contributed by atoms with Gasteiger partial charge < -0.3 is 19.3 Å². The molecule has 172 valence electrons. The molecule has 0 bridgehead atoms. The molecule has 0 radical (unpaired) electrons. The van der Waals surface area contributed by atoms with Gasteiger partial charge in [0.15, 0.2) is 5.13 Å². The number of carbonyl (C=O) groups excluding carboxylic acids is 2. The van der Waals surface area contributed by atoms with Crippen LogP contribution in [0.3, 0.4) is 0 Å². The summed E-state index contributed by atoms with van der Waals surface area (Å²) in [4.78, 5) is 33.7. The largest absolute Gasteiger partial charge is 0.497 e. The van der Waals surface area contributed by atoms with Crippen LogP contribution in [-0.2, 0) is 11.2 Å². The van der Waals surface area contributed by atoms with Gasteiger partial charge in [-0.15, -0.1) is 11.3 Å². The van der Waals surface area contributed by atoms with Gasteiger partial charge in [-0.2, -0.15) is 0 Å². The molecule has 4 rings (SSSR count). The molecule has 33 heavy (non-hydrogen) atoms. The highest BCUT2D eigenvalue weighted by Gasteiger charge is 2.23. The number of nitrogens with zero attached hydrogens (tertiary/aromatic N) is 3. The summed E-state index contributed by atoms with van der Waals surface area (Å²) in [7, 11) is 3.24. The van der Waals surface area contributed by atoms with Crippen LogP contribution in [0, 0.1) is 0 Å². The number of methoxy groups -OCH3 is 2. The van der Waals surface area contributed by atoms with Crippen LogP contribution in [0.5, 0.6) is 11.5 Å². The Hall–Kier alpha value is -3.59. The maximum atomic E-state index is 12.8. The Kier molecular flexibility index (Phi) is 7.09. The van der Waals surface area contributed by atoms with Crippen molar-refractivity contribution in [3.05, 3.63) is 65.2 Å². The first-order valence-electron chi connectivity index (χ1n) is 10.6. The number of thiazole rings is 1. The Morgan fingerprint density at radius 1 is 1.00 bits per heavy atom. The predicted molar refractivity (Wildman–Crippen MR) is 129 cm³/mol. The number of rotatable bonds is 7. The lowest BCUT2D eigenvalue weighted by Crippen LogP contribution is -2.49. The zero-order chi connectivity index (χ0) is 23.2. The SMILES string of the molecule is COc1ccc(C(=O)Nc2nc(CC(=O)N3CCN(c4ccccc4OC)CC3)cs2)cc1. The van der Waals surface area contributed by atoms with Gasteiger partial charge in [0, 0.05) is 37.1 Å². The number of piperazine rings is 1. The molecule has 0 atom stereocenters. The third kappa shape index (κ3) is 5.43. The molecule has 1 aliphatic heterocycles. The molecule has 1 N–H and O–H groups in total. The summed E-state index contributed by atoms with van der Waals surface area (Å²) in [5.74, 6) is 1.31. The van der Waals surface area contributed by atoms with Crippen LogP contribution in [0.1, 0.15) is 16.1 Å². The Bertz CT molecular complexity index is 1110. The summed E-state index contributed by atoms with van der Waals surface area (Å²) in [5.41, 5.74) is 2.21. The van der Waals surface area contributed by atoms with E-state index in [1.807, 2.05) is 34.5 Å². The number of amides is 2. The van der Waals surface area contributed by atoms with Gasteiger partial charge in [-0.1, -0.05) is 12.1 Å². The number of aromatic nitrogens is 1. The monoisotopic (exact) mass is 466 g/mol. The first-order chi connectivity index (χ1) is 16.1. The normalized spacial score (nSPS) is 13.5. The molecule has 1 aliphatic rings. The molecular weight excluding hydrogens is 440 g/mol. The highest BCUT2D eigenvalue weighted by atomic mass is 32.1. The molecular formula is C24H26N4O4S. The van der Waals surface area contributed by atoms with E-state index >= 15 is 0 Å². The number of nitrogens with one attached hydrogen (secondary N) is 1. The van der Waals surface area contributed by atoms with E-state index in [-0.39, 0.29) is 18.2 Å². The molecule has 0 spiro atoms. The average Bonchev–Trinajstić information content (AvgIpc) is 3.30. The van der Waals surface area contributed by atoms with E-state index in [1.165, 1.54) is 11.3 Å². The Morgan fingerprint density at radius 3 is 2.42 bits per heavy atom. The van der Waals surface area contributed by atoms with Gasteiger partial charge in [0.05, 0.1) is 32.0 Å². The van der Waals surface area contributed by atoms with Crippen molar-refractivity contribution in [3.63, 3.8) is 0 Å². The highest BCUT2D eigenvalue weighted by Crippen LogP contribution is 2.28. The number of ether oxygens (including phenoxy) is 2. The first-order valence-corrected chi connectivity index (χ1v) is 11.5. The Morgan fingerprint density at radius 2 is 1.73 bits per heavy atom. The number of benzene rings is 2. The van der Waals surface area contributed by atoms with Gasteiger partial charge in [-0.05, 0) is 36.4 Å². The van der Waals surface area contributed by atoms with Crippen molar-refractivity contribution < 1.29 is 19.1 Å². The van der Waals surface area contributed by atoms with Gasteiger partial charge in [0.25, 0.3) is 5.91 Å². The lowest BCUT2D eigenvalue weighted by molar-refractivity contribution is -0.130. The fourth-order valence-corrected chi connectivity index (χ4v) is 4.42. The predicted octanol–water partition coefficient (Wildman–Crippen LogP) is 3.30. The van der Waals surface area contributed by atoms with Crippen molar-refractivity contribution in [1.29, 1.82) is 0 Å². The maximum absolute atomic E-state index is 12.8. The Balaban J connectivity index is 1.29. The van der Waals surface area contributed by atoms with Crippen molar-refractivity contribution in [2.24, 2.45) is 0 Å². The molecule has 2 aromatic carbocycles. The molecule has 9 heteroatoms. The second-order valence-corrected chi connectivity index (χ2v) is 8.40. The topological polar surface area (TPSA) is 84.0 Å².